The van der Waals surface area contributed by atoms with E-state index in [4.69, 9.17) is 0 Å². The second kappa shape index (κ2) is 7.53. The van der Waals surface area contributed by atoms with Crippen LogP contribution in [0.3, 0.4) is 0 Å². The highest BCUT2D eigenvalue weighted by Gasteiger charge is 2.15. The minimum absolute atomic E-state index is 0.0826. The standard InChI is InChI=1S/C19H20N6O2/c26-17(12-25-13-22-16-6-2-1-5-15(16)18(25)27)21-11-14-7-8-20-19(23-14)24-9-3-4-10-24/h1-2,5-8,13H,3-4,9-12H2,(H,21,26). The second-order valence-electron chi connectivity index (χ2n) is 6.51. The van der Waals surface area contributed by atoms with Crippen LogP contribution in [0.25, 0.3) is 10.9 Å². The van der Waals surface area contributed by atoms with E-state index in [0.29, 0.717) is 16.9 Å². The molecule has 1 N–H and O–H groups in total. The lowest BCUT2D eigenvalue weighted by molar-refractivity contribution is -0.121. The third kappa shape index (κ3) is 3.79. The average Bonchev–Trinajstić information content (AvgIpc) is 3.24. The fraction of sp³-hybridized carbons (Fsp3) is 0.316. The monoisotopic (exact) mass is 364 g/mol. The zero-order valence-electron chi connectivity index (χ0n) is 14.8. The van der Waals surface area contributed by atoms with Crippen LogP contribution in [0, 0.1) is 0 Å². The van der Waals surface area contributed by atoms with Gasteiger partial charge in [-0.1, -0.05) is 12.1 Å². The van der Waals surface area contributed by atoms with E-state index >= 15 is 0 Å². The van der Waals surface area contributed by atoms with E-state index in [2.05, 4.69) is 25.2 Å². The molecule has 1 aliphatic heterocycles. The molecule has 0 atom stereocenters. The van der Waals surface area contributed by atoms with Crippen LogP contribution in [-0.2, 0) is 17.9 Å². The molecule has 3 aromatic rings. The minimum atomic E-state index is -0.268. The molecule has 0 radical (unpaired) electrons. The van der Waals surface area contributed by atoms with Gasteiger partial charge in [0.15, 0.2) is 0 Å². The number of nitrogens with zero attached hydrogens (tertiary/aromatic N) is 5. The first-order chi connectivity index (χ1) is 13.2. The van der Waals surface area contributed by atoms with Gasteiger partial charge < -0.3 is 10.2 Å². The van der Waals surface area contributed by atoms with Crippen molar-refractivity contribution >= 4 is 22.8 Å². The Morgan fingerprint density at radius 1 is 1.11 bits per heavy atom. The van der Waals surface area contributed by atoms with Crippen molar-refractivity contribution in [1.82, 2.24) is 24.8 Å². The number of fused-ring (bicyclic) bond motifs is 1. The van der Waals surface area contributed by atoms with Crippen molar-refractivity contribution in [2.45, 2.75) is 25.9 Å². The molecule has 1 amide bonds. The molecule has 1 aliphatic rings. The summed E-state index contributed by atoms with van der Waals surface area (Å²) in [4.78, 5) is 39.9. The molecule has 0 saturated carbocycles. The molecule has 4 rings (SSSR count). The van der Waals surface area contributed by atoms with E-state index in [9.17, 15) is 9.59 Å². The Morgan fingerprint density at radius 2 is 1.93 bits per heavy atom. The lowest BCUT2D eigenvalue weighted by atomic mass is 10.2. The number of nitrogens with one attached hydrogen (secondary N) is 1. The number of hydrogen-bond acceptors (Lipinski definition) is 6. The number of hydrogen-bond donors (Lipinski definition) is 1. The van der Waals surface area contributed by atoms with E-state index in [-0.39, 0.29) is 24.6 Å². The van der Waals surface area contributed by atoms with Gasteiger partial charge in [0, 0.05) is 19.3 Å². The van der Waals surface area contributed by atoms with Gasteiger partial charge in [-0.15, -0.1) is 0 Å². The van der Waals surface area contributed by atoms with Crippen molar-refractivity contribution in [2.75, 3.05) is 18.0 Å². The summed E-state index contributed by atoms with van der Waals surface area (Å²) in [6.45, 7) is 2.14. The maximum Gasteiger partial charge on any atom is 0.261 e. The van der Waals surface area contributed by atoms with Crippen LogP contribution >= 0.6 is 0 Å². The van der Waals surface area contributed by atoms with Crippen LogP contribution in [0.5, 0.6) is 0 Å². The molecule has 0 aliphatic carbocycles. The number of para-hydroxylation sites is 1. The molecule has 8 nitrogen and oxygen atoms in total. The predicted molar refractivity (Wildman–Crippen MR) is 101 cm³/mol. The zero-order valence-corrected chi connectivity index (χ0v) is 14.8. The zero-order chi connectivity index (χ0) is 18.6. The third-order valence-corrected chi connectivity index (χ3v) is 4.60. The summed E-state index contributed by atoms with van der Waals surface area (Å²) < 4.78 is 1.31. The Morgan fingerprint density at radius 3 is 2.78 bits per heavy atom. The molecule has 0 unspecified atom stereocenters. The van der Waals surface area contributed by atoms with Crippen LogP contribution in [0.1, 0.15) is 18.5 Å². The average molecular weight is 364 g/mol. The first-order valence-electron chi connectivity index (χ1n) is 8.98. The lowest BCUT2D eigenvalue weighted by Gasteiger charge is -2.15. The van der Waals surface area contributed by atoms with Crippen molar-refractivity contribution in [3.63, 3.8) is 0 Å². The summed E-state index contributed by atoms with van der Waals surface area (Å²) in [6.07, 6.45) is 5.41. The fourth-order valence-electron chi connectivity index (χ4n) is 3.17. The number of amides is 1. The van der Waals surface area contributed by atoms with Crippen molar-refractivity contribution in [3.05, 3.63) is 58.9 Å². The van der Waals surface area contributed by atoms with E-state index in [1.807, 2.05) is 6.07 Å². The Bertz CT molecular complexity index is 1030. The maximum atomic E-state index is 12.4. The summed E-state index contributed by atoms with van der Waals surface area (Å²) in [6, 6.07) is 8.87. The number of rotatable bonds is 5. The molecule has 1 fully saturated rings. The fourth-order valence-corrected chi connectivity index (χ4v) is 3.17. The van der Waals surface area contributed by atoms with Gasteiger partial charge in [-0.25, -0.2) is 15.0 Å². The SMILES string of the molecule is O=C(Cn1cnc2ccccc2c1=O)NCc1ccnc(N2CCCC2)n1. The minimum Gasteiger partial charge on any atom is -0.349 e. The highest BCUT2D eigenvalue weighted by molar-refractivity contribution is 5.78. The van der Waals surface area contributed by atoms with E-state index < -0.39 is 0 Å². The Kier molecular flexibility index (Phi) is 4.78. The van der Waals surface area contributed by atoms with Crippen LogP contribution in [-0.4, -0.2) is 38.5 Å². The van der Waals surface area contributed by atoms with Gasteiger partial charge in [0.1, 0.15) is 6.54 Å². The van der Waals surface area contributed by atoms with Gasteiger partial charge in [0.05, 0.1) is 29.5 Å². The molecular weight excluding hydrogens is 344 g/mol. The van der Waals surface area contributed by atoms with E-state index in [1.165, 1.54) is 10.9 Å². The first-order valence-corrected chi connectivity index (χ1v) is 8.98. The molecule has 0 bridgehead atoms. The van der Waals surface area contributed by atoms with Crippen molar-refractivity contribution in [3.8, 4) is 0 Å². The number of carbonyl (C=O) groups is 1. The molecule has 1 aromatic carbocycles. The molecule has 27 heavy (non-hydrogen) atoms. The Labute approximate surface area is 155 Å². The predicted octanol–water partition coefficient (Wildman–Crippen LogP) is 1.10. The number of anilines is 1. The number of carbonyl (C=O) groups excluding carboxylic acids is 1. The highest BCUT2D eigenvalue weighted by Crippen LogP contribution is 2.15. The Hall–Kier alpha value is -3.29. The largest absolute Gasteiger partial charge is 0.349 e. The van der Waals surface area contributed by atoms with Crippen LogP contribution in [0.2, 0.25) is 0 Å². The topological polar surface area (TPSA) is 93.0 Å². The smallest absolute Gasteiger partial charge is 0.261 e. The lowest BCUT2D eigenvalue weighted by Crippen LogP contribution is -2.32. The van der Waals surface area contributed by atoms with Gasteiger partial charge in [-0.2, -0.15) is 0 Å². The van der Waals surface area contributed by atoms with E-state index in [0.717, 1.165) is 31.6 Å². The molecule has 1 saturated heterocycles. The van der Waals surface area contributed by atoms with Gasteiger partial charge in [-0.05, 0) is 31.0 Å². The normalized spacial score (nSPS) is 13.9. The number of benzene rings is 1. The van der Waals surface area contributed by atoms with Crippen LogP contribution < -0.4 is 15.8 Å². The summed E-state index contributed by atoms with van der Waals surface area (Å²) in [5, 5.41) is 3.30. The van der Waals surface area contributed by atoms with Crippen molar-refractivity contribution < 1.29 is 4.79 Å². The van der Waals surface area contributed by atoms with Gasteiger partial charge in [0.25, 0.3) is 5.56 Å². The van der Waals surface area contributed by atoms with Gasteiger partial charge in [0.2, 0.25) is 11.9 Å². The molecule has 3 heterocycles. The van der Waals surface area contributed by atoms with Crippen LogP contribution in [0.15, 0.2) is 47.7 Å². The highest BCUT2D eigenvalue weighted by atomic mass is 16.2. The van der Waals surface area contributed by atoms with Crippen molar-refractivity contribution in [1.29, 1.82) is 0 Å². The molecule has 0 spiro atoms. The van der Waals surface area contributed by atoms with Gasteiger partial charge >= 0.3 is 0 Å². The van der Waals surface area contributed by atoms with Crippen molar-refractivity contribution in [2.24, 2.45) is 0 Å². The van der Waals surface area contributed by atoms with E-state index in [1.54, 1.807) is 30.5 Å². The summed E-state index contributed by atoms with van der Waals surface area (Å²) in [5.41, 5.74) is 1.13. The summed E-state index contributed by atoms with van der Waals surface area (Å²) in [7, 11) is 0. The maximum absolute atomic E-state index is 12.4. The van der Waals surface area contributed by atoms with Gasteiger partial charge in [-0.3, -0.25) is 14.2 Å². The van der Waals surface area contributed by atoms with Crippen LogP contribution in [0.4, 0.5) is 5.95 Å². The first kappa shape index (κ1) is 17.1. The second-order valence-corrected chi connectivity index (χ2v) is 6.51. The summed E-state index contributed by atoms with van der Waals surface area (Å²) in [5.74, 6) is 0.435. The quantitative estimate of drug-likeness (QED) is 0.729. The molecular formula is C19H20N6O2. The molecule has 138 valence electrons. The molecule has 2 aromatic heterocycles. The summed E-state index contributed by atoms with van der Waals surface area (Å²) >= 11 is 0. The molecule has 8 heteroatoms. The third-order valence-electron chi connectivity index (χ3n) is 4.60. The Balaban J connectivity index is 1.41. The number of aromatic nitrogens is 4.